The SMILES string of the molecule is CCOC(=O)c1cccc(-n2c(C)cc(/C=C(/C#N)C(=O)Nc3ccccc3Cl)c2C)c1. The van der Waals surface area contributed by atoms with Crippen molar-refractivity contribution in [2.75, 3.05) is 11.9 Å². The lowest BCUT2D eigenvalue weighted by Gasteiger charge is -2.11. The zero-order valence-electron chi connectivity index (χ0n) is 18.0. The van der Waals surface area contributed by atoms with E-state index in [0.29, 0.717) is 22.9 Å². The molecule has 0 spiro atoms. The average molecular weight is 448 g/mol. The highest BCUT2D eigenvalue weighted by Gasteiger charge is 2.16. The second kappa shape index (κ2) is 9.99. The molecule has 0 aliphatic rings. The van der Waals surface area contributed by atoms with Crippen LogP contribution in [0.1, 0.15) is 34.2 Å². The number of aromatic nitrogens is 1. The second-order valence-corrected chi connectivity index (χ2v) is 7.44. The number of ether oxygens (including phenoxy) is 1. The summed E-state index contributed by atoms with van der Waals surface area (Å²) < 4.78 is 7.04. The highest BCUT2D eigenvalue weighted by Crippen LogP contribution is 2.25. The summed E-state index contributed by atoms with van der Waals surface area (Å²) >= 11 is 6.09. The Kier molecular flexibility index (Phi) is 7.14. The van der Waals surface area contributed by atoms with Gasteiger partial charge in [-0.25, -0.2) is 4.79 Å². The van der Waals surface area contributed by atoms with E-state index in [1.807, 2.05) is 36.6 Å². The Bertz CT molecular complexity index is 1250. The highest BCUT2D eigenvalue weighted by molar-refractivity contribution is 6.34. The predicted molar refractivity (Wildman–Crippen MR) is 125 cm³/mol. The molecule has 0 radical (unpaired) electrons. The number of hydrogen-bond donors (Lipinski definition) is 1. The normalized spacial score (nSPS) is 11.0. The Morgan fingerprint density at radius 1 is 1.16 bits per heavy atom. The third kappa shape index (κ3) is 4.90. The summed E-state index contributed by atoms with van der Waals surface area (Å²) in [7, 11) is 0. The maximum atomic E-state index is 12.6. The summed E-state index contributed by atoms with van der Waals surface area (Å²) in [5, 5.41) is 12.6. The Labute approximate surface area is 191 Å². The van der Waals surface area contributed by atoms with Crippen LogP contribution < -0.4 is 5.32 Å². The molecule has 1 heterocycles. The number of halogens is 1. The number of nitriles is 1. The summed E-state index contributed by atoms with van der Waals surface area (Å²) in [5.74, 6) is -0.936. The maximum Gasteiger partial charge on any atom is 0.338 e. The van der Waals surface area contributed by atoms with Gasteiger partial charge in [-0.1, -0.05) is 29.8 Å². The van der Waals surface area contributed by atoms with Crippen LogP contribution in [0.3, 0.4) is 0 Å². The largest absolute Gasteiger partial charge is 0.462 e. The molecule has 0 saturated heterocycles. The van der Waals surface area contributed by atoms with Crippen molar-refractivity contribution >= 4 is 35.2 Å². The molecule has 0 aliphatic heterocycles. The monoisotopic (exact) mass is 447 g/mol. The van der Waals surface area contributed by atoms with Crippen LogP contribution in [0, 0.1) is 25.2 Å². The molecule has 0 aliphatic carbocycles. The van der Waals surface area contributed by atoms with Crippen molar-refractivity contribution in [3.63, 3.8) is 0 Å². The van der Waals surface area contributed by atoms with Crippen LogP contribution in [0.2, 0.25) is 5.02 Å². The first-order chi connectivity index (χ1) is 15.3. The molecular formula is C25H22ClN3O3. The topological polar surface area (TPSA) is 84.1 Å². The molecule has 1 aromatic heterocycles. The van der Waals surface area contributed by atoms with Crippen LogP contribution in [-0.2, 0) is 9.53 Å². The van der Waals surface area contributed by atoms with Crippen LogP contribution in [0.15, 0.2) is 60.2 Å². The number of esters is 1. The van der Waals surface area contributed by atoms with E-state index in [-0.39, 0.29) is 11.5 Å². The minimum atomic E-state index is -0.547. The van der Waals surface area contributed by atoms with Gasteiger partial charge in [-0.3, -0.25) is 4.79 Å². The standard InChI is InChI=1S/C25H22ClN3O3/c1-4-32-25(31)18-8-7-9-21(14-18)29-16(2)12-19(17(29)3)13-20(15-27)24(30)28-23-11-6-5-10-22(23)26/h5-14H,4H2,1-3H3,(H,28,30)/b20-13-. The number of hydrogen-bond acceptors (Lipinski definition) is 4. The van der Waals surface area contributed by atoms with Crippen molar-refractivity contribution < 1.29 is 14.3 Å². The van der Waals surface area contributed by atoms with Gasteiger partial charge in [0, 0.05) is 17.1 Å². The van der Waals surface area contributed by atoms with E-state index in [2.05, 4.69) is 5.32 Å². The molecule has 32 heavy (non-hydrogen) atoms. The number of anilines is 1. The molecule has 0 saturated carbocycles. The van der Waals surface area contributed by atoms with Crippen LogP contribution in [0.4, 0.5) is 5.69 Å². The van der Waals surface area contributed by atoms with Gasteiger partial charge >= 0.3 is 5.97 Å². The Morgan fingerprint density at radius 3 is 2.59 bits per heavy atom. The van der Waals surface area contributed by atoms with E-state index in [9.17, 15) is 14.9 Å². The minimum absolute atomic E-state index is 0.0505. The number of rotatable bonds is 6. The molecule has 1 N–H and O–H groups in total. The van der Waals surface area contributed by atoms with E-state index in [4.69, 9.17) is 16.3 Å². The average Bonchev–Trinajstić information content (AvgIpc) is 3.06. The van der Waals surface area contributed by atoms with Crippen LogP contribution in [-0.4, -0.2) is 23.1 Å². The number of amides is 1. The molecule has 0 atom stereocenters. The van der Waals surface area contributed by atoms with E-state index in [0.717, 1.165) is 22.6 Å². The van der Waals surface area contributed by atoms with Crippen LogP contribution in [0.5, 0.6) is 0 Å². The third-order valence-corrected chi connectivity index (χ3v) is 5.20. The second-order valence-electron chi connectivity index (χ2n) is 7.04. The fourth-order valence-electron chi connectivity index (χ4n) is 3.37. The van der Waals surface area contributed by atoms with E-state index >= 15 is 0 Å². The lowest BCUT2D eigenvalue weighted by molar-refractivity contribution is -0.112. The predicted octanol–water partition coefficient (Wildman–Crippen LogP) is 5.47. The third-order valence-electron chi connectivity index (χ3n) is 4.87. The van der Waals surface area contributed by atoms with Crippen molar-refractivity contribution in [1.29, 1.82) is 5.26 Å². The van der Waals surface area contributed by atoms with Crippen molar-refractivity contribution in [1.82, 2.24) is 4.57 Å². The Hall–Kier alpha value is -3.82. The summed E-state index contributed by atoms with van der Waals surface area (Å²) in [6.07, 6.45) is 1.54. The van der Waals surface area contributed by atoms with Crippen molar-refractivity contribution in [2.24, 2.45) is 0 Å². The number of benzene rings is 2. The van der Waals surface area contributed by atoms with Gasteiger partial charge in [0.25, 0.3) is 5.91 Å². The van der Waals surface area contributed by atoms with E-state index < -0.39 is 5.91 Å². The Balaban J connectivity index is 1.94. The molecule has 7 heteroatoms. The number of carbonyl (C=O) groups is 2. The van der Waals surface area contributed by atoms with E-state index in [1.165, 1.54) is 0 Å². The maximum absolute atomic E-state index is 12.6. The first kappa shape index (κ1) is 22.9. The smallest absolute Gasteiger partial charge is 0.338 e. The first-order valence-electron chi connectivity index (χ1n) is 9.99. The van der Waals surface area contributed by atoms with Crippen molar-refractivity contribution in [2.45, 2.75) is 20.8 Å². The lowest BCUT2D eigenvalue weighted by Crippen LogP contribution is -2.13. The number of aryl methyl sites for hydroxylation is 1. The minimum Gasteiger partial charge on any atom is -0.462 e. The van der Waals surface area contributed by atoms with Gasteiger partial charge in [0.2, 0.25) is 0 Å². The summed E-state index contributed by atoms with van der Waals surface area (Å²) in [4.78, 5) is 24.7. The number of nitrogens with zero attached hydrogens (tertiary/aromatic N) is 2. The zero-order valence-corrected chi connectivity index (χ0v) is 18.7. The molecule has 6 nitrogen and oxygen atoms in total. The number of para-hydroxylation sites is 1. The number of carbonyl (C=O) groups excluding carboxylic acids is 2. The van der Waals surface area contributed by atoms with Gasteiger partial charge in [0.15, 0.2) is 0 Å². The molecule has 0 bridgehead atoms. The molecule has 1 amide bonds. The fraction of sp³-hybridized carbons (Fsp3) is 0.160. The molecule has 162 valence electrons. The number of nitrogens with one attached hydrogen (secondary N) is 1. The fourth-order valence-corrected chi connectivity index (χ4v) is 3.56. The van der Waals surface area contributed by atoms with Gasteiger partial charge in [0.05, 0.1) is 22.9 Å². The zero-order chi connectivity index (χ0) is 23.3. The van der Waals surface area contributed by atoms with Crippen LogP contribution in [0.25, 0.3) is 11.8 Å². The molecule has 0 fully saturated rings. The lowest BCUT2D eigenvalue weighted by atomic mass is 10.1. The van der Waals surface area contributed by atoms with Gasteiger partial charge in [0.1, 0.15) is 11.6 Å². The highest BCUT2D eigenvalue weighted by atomic mass is 35.5. The Morgan fingerprint density at radius 2 is 1.91 bits per heavy atom. The van der Waals surface area contributed by atoms with Gasteiger partial charge < -0.3 is 14.6 Å². The summed E-state index contributed by atoms with van der Waals surface area (Å²) in [5.41, 5.74) is 4.04. The van der Waals surface area contributed by atoms with Crippen molar-refractivity contribution in [3.05, 3.63) is 87.7 Å². The van der Waals surface area contributed by atoms with E-state index in [1.54, 1.807) is 55.5 Å². The molecule has 2 aromatic carbocycles. The van der Waals surface area contributed by atoms with Gasteiger partial charge in [-0.15, -0.1) is 0 Å². The summed E-state index contributed by atoms with van der Waals surface area (Å²) in [6.45, 7) is 5.86. The molecule has 3 rings (SSSR count). The molecule has 0 unspecified atom stereocenters. The first-order valence-corrected chi connectivity index (χ1v) is 10.4. The van der Waals surface area contributed by atoms with Crippen molar-refractivity contribution in [3.8, 4) is 11.8 Å². The van der Waals surface area contributed by atoms with Crippen LogP contribution >= 0.6 is 11.6 Å². The quantitative estimate of drug-likeness (QED) is 0.308. The molecular weight excluding hydrogens is 426 g/mol. The summed E-state index contributed by atoms with van der Waals surface area (Å²) in [6, 6.07) is 17.8. The molecule has 3 aromatic rings. The van der Waals surface area contributed by atoms with Gasteiger partial charge in [-0.2, -0.15) is 5.26 Å². The van der Waals surface area contributed by atoms with Gasteiger partial charge in [-0.05, 0) is 68.8 Å².